The fourth-order valence-electron chi connectivity index (χ4n) is 2.28. The van der Waals surface area contributed by atoms with Crippen LogP contribution >= 0.6 is 0 Å². The van der Waals surface area contributed by atoms with Gasteiger partial charge >= 0.3 is 0 Å². The van der Waals surface area contributed by atoms with Gasteiger partial charge in [0, 0.05) is 6.54 Å². The molecule has 0 atom stereocenters. The fourth-order valence-corrected chi connectivity index (χ4v) is 3.26. The monoisotopic (exact) mass is 362 g/mol. The summed E-state index contributed by atoms with van der Waals surface area (Å²) in [6.45, 7) is 1.99. The summed E-state index contributed by atoms with van der Waals surface area (Å²) < 4.78 is 37.0. The third-order valence-corrected chi connectivity index (χ3v) is 5.10. The van der Waals surface area contributed by atoms with E-state index in [1.807, 2.05) is 13.0 Å². The van der Waals surface area contributed by atoms with Crippen LogP contribution in [0.5, 0.6) is 11.5 Å². The van der Waals surface area contributed by atoms with Crippen LogP contribution in [-0.2, 0) is 21.4 Å². The van der Waals surface area contributed by atoms with E-state index in [1.165, 1.54) is 12.1 Å². The van der Waals surface area contributed by atoms with Crippen LogP contribution in [0, 0.1) is 6.92 Å². The molecule has 0 bridgehead atoms. The molecule has 0 saturated carbocycles. The maximum atomic E-state index is 12.1. The van der Waals surface area contributed by atoms with Gasteiger partial charge in [-0.1, -0.05) is 23.8 Å². The van der Waals surface area contributed by atoms with Gasteiger partial charge < -0.3 is 14.8 Å². The molecule has 25 heavy (non-hydrogen) atoms. The fraction of sp³-hybridized carbons (Fsp3) is 0.235. The summed E-state index contributed by atoms with van der Waals surface area (Å²) in [7, 11) is -3.71. The predicted molar refractivity (Wildman–Crippen MR) is 90.8 cm³/mol. The standard InChI is InChI=1S/C17H18N2O5S/c1-12-2-5-14(6-3-12)25(21,22)19-10-17(20)18-9-13-4-7-15-16(8-13)24-11-23-15/h2-8,19H,9-11H2,1H3,(H,18,20). The number of amides is 1. The van der Waals surface area contributed by atoms with E-state index in [0.717, 1.165) is 11.1 Å². The Kier molecular flexibility index (Phi) is 4.91. The van der Waals surface area contributed by atoms with Crippen LogP contribution in [-0.4, -0.2) is 27.7 Å². The summed E-state index contributed by atoms with van der Waals surface area (Å²) >= 11 is 0. The smallest absolute Gasteiger partial charge is 0.241 e. The second-order valence-corrected chi connectivity index (χ2v) is 7.37. The molecule has 0 unspecified atom stereocenters. The third kappa shape index (κ3) is 4.28. The molecule has 1 aliphatic heterocycles. The van der Waals surface area contributed by atoms with Crippen molar-refractivity contribution in [3.05, 3.63) is 53.6 Å². The lowest BCUT2D eigenvalue weighted by molar-refractivity contribution is -0.120. The Hall–Kier alpha value is -2.58. The van der Waals surface area contributed by atoms with E-state index in [4.69, 9.17) is 9.47 Å². The summed E-state index contributed by atoms with van der Waals surface area (Å²) in [5.41, 5.74) is 1.79. The lowest BCUT2D eigenvalue weighted by atomic mass is 10.2. The molecule has 7 nitrogen and oxygen atoms in total. The van der Waals surface area contributed by atoms with Crippen LogP contribution < -0.4 is 19.5 Å². The van der Waals surface area contributed by atoms with Gasteiger partial charge in [-0.2, -0.15) is 0 Å². The second kappa shape index (κ2) is 7.12. The SMILES string of the molecule is Cc1ccc(S(=O)(=O)NCC(=O)NCc2ccc3c(c2)OCO3)cc1. The molecule has 1 amide bonds. The van der Waals surface area contributed by atoms with Gasteiger partial charge in [-0.3, -0.25) is 4.79 Å². The Morgan fingerprint density at radius 2 is 1.80 bits per heavy atom. The molecule has 1 heterocycles. The van der Waals surface area contributed by atoms with Gasteiger partial charge in [0.1, 0.15) is 0 Å². The maximum Gasteiger partial charge on any atom is 0.241 e. The highest BCUT2D eigenvalue weighted by molar-refractivity contribution is 7.89. The molecule has 0 radical (unpaired) electrons. The largest absolute Gasteiger partial charge is 0.454 e. The molecular formula is C17H18N2O5S. The average Bonchev–Trinajstić information content (AvgIpc) is 3.06. The molecule has 2 aromatic rings. The Balaban J connectivity index is 1.52. The number of aryl methyl sites for hydroxylation is 1. The molecule has 0 spiro atoms. The Bertz CT molecular complexity index is 878. The first-order valence-electron chi connectivity index (χ1n) is 7.65. The minimum Gasteiger partial charge on any atom is -0.454 e. The van der Waals surface area contributed by atoms with Crippen molar-refractivity contribution < 1.29 is 22.7 Å². The summed E-state index contributed by atoms with van der Waals surface area (Å²) in [5.74, 6) is 0.876. The zero-order valence-corrected chi connectivity index (χ0v) is 14.4. The summed E-state index contributed by atoms with van der Waals surface area (Å²) in [5, 5.41) is 2.66. The molecular weight excluding hydrogens is 344 g/mol. The van der Waals surface area contributed by atoms with Crippen molar-refractivity contribution in [1.29, 1.82) is 0 Å². The van der Waals surface area contributed by atoms with E-state index < -0.39 is 15.9 Å². The van der Waals surface area contributed by atoms with Crippen LogP contribution in [0.1, 0.15) is 11.1 Å². The summed E-state index contributed by atoms with van der Waals surface area (Å²) in [6.07, 6.45) is 0. The van der Waals surface area contributed by atoms with Crippen molar-refractivity contribution in [2.24, 2.45) is 0 Å². The minimum atomic E-state index is -3.71. The first kappa shape index (κ1) is 17.2. The Morgan fingerprint density at radius 1 is 1.08 bits per heavy atom. The van der Waals surface area contributed by atoms with Crippen LogP contribution in [0.2, 0.25) is 0 Å². The Morgan fingerprint density at radius 3 is 2.56 bits per heavy atom. The number of benzene rings is 2. The number of carbonyl (C=O) groups is 1. The molecule has 132 valence electrons. The van der Waals surface area contributed by atoms with Crippen molar-refractivity contribution in [2.75, 3.05) is 13.3 Å². The zero-order valence-electron chi connectivity index (χ0n) is 13.6. The van der Waals surface area contributed by atoms with Gasteiger partial charge in [0.2, 0.25) is 22.7 Å². The number of sulfonamides is 1. The van der Waals surface area contributed by atoms with Crippen molar-refractivity contribution >= 4 is 15.9 Å². The number of fused-ring (bicyclic) bond motifs is 1. The third-order valence-electron chi connectivity index (χ3n) is 3.68. The van der Waals surface area contributed by atoms with Gasteiger partial charge in [-0.25, -0.2) is 13.1 Å². The number of hydrogen-bond acceptors (Lipinski definition) is 5. The minimum absolute atomic E-state index is 0.127. The van der Waals surface area contributed by atoms with Crippen molar-refractivity contribution in [3.63, 3.8) is 0 Å². The molecule has 2 N–H and O–H groups in total. The molecule has 0 saturated heterocycles. The quantitative estimate of drug-likeness (QED) is 0.808. The van der Waals surface area contributed by atoms with Crippen molar-refractivity contribution in [3.8, 4) is 11.5 Å². The summed E-state index contributed by atoms with van der Waals surface area (Å²) in [6, 6.07) is 11.8. The van der Waals surface area contributed by atoms with E-state index in [1.54, 1.807) is 24.3 Å². The van der Waals surface area contributed by atoms with Crippen LogP contribution in [0.4, 0.5) is 0 Å². The number of rotatable bonds is 6. The first-order chi connectivity index (χ1) is 11.9. The molecule has 1 aliphatic rings. The lowest BCUT2D eigenvalue weighted by Gasteiger charge is -2.08. The highest BCUT2D eigenvalue weighted by atomic mass is 32.2. The van der Waals surface area contributed by atoms with Crippen molar-refractivity contribution in [1.82, 2.24) is 10.0 Å². The maximum absolute atomic E-state index is 12.1. The van der Waals surface area contributed by atoms with Gasteiger partial charge in [0.05, 0.1) is 11.4 Å². The van der Waals surface area contributed by atoms with Gasteiger partial charge in [0.15, 0.2) is 11.5 Å². The molecule has 0 aromatic heterocycles. The van der Waals surface area contributed by atoms with E-state index in [-0.39, 0.29) is 24.8 Å². The van der Waals surface area contributed by atoms with Crippen molar-refractivity contribution in [2.45, 2.75) is 18.4 Å². The summed E-state index contributed by atoms with van der Waals surface area (Å²) in [4.78, 5) is 12.0. The van der Waals surface area contributed by atoms with Crippen LogP contribution in [0.15, 0.2) is 47.4 Å². The van der Waals surface area contributed by atoms with Crippen LogP contribution in [0.25, 0.3) is 0 Å². The van der Waals surface area contributed by atoms with Crippen LogP contribution in [0.3, 0.4) is 0 Å². The van der Waals surface area contributed by atoms with E-state index >= 15 is 0 Å². The van der Waals surface area contributed by atoms with E-state index in [2.05, 4.69) is 10.0 Å². The number of carbonyl (C=O) groups excluding carboxylic acids is 1. The molecule has 2 aromatic carbocycles. The Labute approximate surface area is 146 Å². The van der Waals surface area contributed by atoms with E-state index in [9.17, 15) is 13.2 Å². The number of hydrogen-bond donors (Lipinski definition) is 2. The molecule has 3 rings (SSSR count). The highest BCUT2D eigenvalue weighted by Gasteiger charge is 2.16. The lowest BCUT2D eigenvalue weighted by Crippen LogP contribution is -2.36. The van der Waals surface area contributed by atoms with Gasteiger partial charge in [0.25, 0.3) is 0 Å². The van der Waals surface area contributed by atoms with E-state index in [0.29, 0.717) is 11.5 Å². The average molecular weight is 362 g/mol. The molecule has 0 aliphatic carbocycles. The predicted octanol–water partition coefficient (Wildman–Crippen LogP) is 1.32. The van der Waals surface area contributed by atoms with Gasteiger partial charge in [-0.15, -0.1) is 0 Å². The topological polar surface area (TPSA) is 93.7 Å². The normalized spacial score (nSPS) is 12.8. The number of nitrogens with one attached hydrogen (secondary N) is 2. The zero-order chi connectivity index (χ0) is 17.9. The number of ether oxygens (including phenoxy) is 2. The second-order valence-electron chi connectivity index (χ2n) is 5.60. The highest BCUT2D eigenvalue weighted by Crippen LogP contribution is 2.32. The molecule has 8 heteroatoms. The molecule has 0 fully saturated rings. The first-order valence-corrected chi connectivity index (χ1v) is 9.14. The van der Waals surface area contributed by atoms with Gasteiger partial charge in [-0.05, 0) is 36.8 Å².